The Hall–Kier alpha value is -10.5. The zero-order chi connectivity index (χ0) is 52.7. The van der Waals surface area contributed by atoms with E-state index in [1.807, 2.05) is 0 Å². The van der Waals surface area contributed by atoms with E-state index < -0.39 is 0 Å². The molecule has 1 atom stereocenters. The topological polar surface area (TPSA) is 48.5 Å². The summed E-state index contributed by atoms with van der Waals surface area (Å²) in [6.45, 7) is 0. The predicted molar refractivity (Wildman–Crippen MR) is 334 cm³/mol. The summed E-state index contributed by atoms with van der Waals surface area (Å²) in [4.78, 5) is 16.5. The van der Waals surface area contributed by atoms with Crippen molar-refractivity contribution >= 4 is 75.9 Å². The summed E-state index contributed by atoms with van der Waals surface area (Å²) in [7, 11) is 0. The third kappa shape index (κ3) is 7.35. The van der Waals surface area contributed by atoms with E-state index in [9.17, 15) is 0 Å². The van der Waals surface area contributed by atoms with Crippen LogP contribution >= 0.6 is 0 Å². The number of rotatable bonds is 8. The predicted octanol–water partition coefficient (Wildman–Crippen LogP) is 19.5. The van der Waals surface area contributed by atoms with Crippen molar-refractivity contribution in [1.82, 2.24) is 24.1 Å². The van der Waals surface area contributed by atoms with Gasteiger partial charge in [0, 0.05) is 49.8 Å². The second-order valence-electron chi connectivity index (χ2n) is 21.0. The van der Waals surface area contributed by atoms with Crippen molar-refractivity contribution in [3.63, 3.8) is 0 Å². The standard InChI is InChI=1S/C75H49N5/c1-4-21-48(22-5-1)50-25-18-26-52(45-50)73-76-74(53-42-43-59-57-31-11-10-29-55(57)56-30-12-13-32-58(56)65(59)46-53)78-75(77-73)64-34-15-17-38-67(64)80-69-40-20-36-61(72(69)63-44-41-51(47-70(63)80)49-23-6-2-7-24-49)60-35-19-39-68-71(60)62-33-14-16-37-66(62)79(68)54-27-8-3-9-28-54/h1-23,25-47,49H,24H2. The van der Waals surface area contributed by atoms with Gasteiger partial charge in [0.15, 0.2) is 17.5 Å². The number of aromatic nitrogens is 5. The third-order valence-corrected chi connectivity index (χ3v) is 16.5. The van der Waals surface area contributed by atoms with E-state index in [0.717, 1.165) is 62.0 Å². The molecule has 15 aromatic rings. The lowest BCUT2D eigenvalue weighted by Gasteiger charge is -2.17. The van der Waals surface area contributed by atoms with E-state index in [-0.39, 0.29) is 5.92 Å². The first-order valence-electron chi connectivity index (χ1n) is 27.5. The van der Waals surface area contributed by atoms with Crippen molar-refractivity contribution in [2.45, 2.75) is 12.3 Å². The van der Waals surface area contributed by atoms with Gasteiger partial charge in [-0.25, -0.2) is 15.0 Å². The van der Waals surface area contributed by atoms with Gasteiger partial charge in [-0.2, -0.15) is 0 Å². The van der Waals surface area contributed by atoms with Gasteiger partial charge in [-0.15, -0.1) is 0 Å². The fourth-order valence-electron chi connectivity index (χ4n) is 12.9. The first-order valence-corrected chi connectivity index (χ1v) is 27.5. The Morgan fingerprint density at radius 3 is 1.54 bits per heavy atom. The zero-order valence-corrected chi connectivity index (χ0v) is 43.6. The van der Waals surface area contributed by atoms with Crippen LogP contribution < -0.4 is 0 Å². The molecule has 0 spiro atoms. The number of hydrogen-bond acceptors (Lipinski definition) is 3. The summed E-state index contributed by atoms with van der Waals surface area (Å²) >= 11 is 0. The summed E-state index contributed by atoms with van der Waals surface area (Å²) in [5.74, 6) is 2.06. The number of para-hydroxylation sites is 3. The zero-order valence-electron chi connectivity index (χ0n) is 43.6. The van der Waals surface area contributed by atoms with E-state index in [4.69, 9.17) is 15.0 Å². The minimum absolute atomic E-state index is 0.251. The van der Waals surface area contributed by atoms with Crippen molar-refractivity contribution in [1.29, 1.82) is 0 Å². The molecule has 1 aliphatic carbocycles. The van der Waals surface area contributed by atoms with Crippen molar-refractivity contribution < 1.29 is 0 Å². The highest BCUT2D eigenvalue weighted by molar-refractivity contribution is 6.26. The highest BCUT2D eigenvalue weighted by atomic mass is 15.1. The number of benzene rings is 12. The smallest absolute Gasteiger partial charge is 0.166 e. The molecular weight excluding hydrogens is 971 g/mol. The molecule has 0 aliphatic heterocycles. The molecule has 16 rings (SSSR count). The number of nitrogens with zero attached hydrogens (tertiary/aromatic N) is 5. The van der Waals surface area contributed by atoms with E-state index in [1.165, 1.54) is 76.2 Å². The summed E-state index contributed by atoms with van der Waals surface area (Å²) in [6, 6.07) is 92.2. The molecule has 3 heterocycles. The molecule has 0 radical (unpaired) electrons. The summed E-state index contributed by atoms with van der Waals surface area (Å²) in [6.07, 6.45) is 9.88. The Morgan fingerprint density at radius 2 is 0.825 bits per heavy atom. The van der Waals surface area contributed by atoms with E-state index in [2.05, 4.69) is 288 Å². The summed E-state index contributed by atoms with van der Waals surface area (Å²) in [5.41, 5.74) is 15.3. The first kappa shape index (κ1) is 45.7. The van der Waals surface area contributed by atoms with Gasteiger partial charge in [-0.3, -0.25) is 0 Å². The van der Waals surface area contributed by atoms with Crippen LogP contribution in [0.25, 0.3) is 144 Å². The van der Waals surface area contributed by atoms with Crippen molar-refractivity contribution in [3.05, 3.63) is 285 Å². The molecule has 0 fully saturated rings. The van der Waals surface area contributed by atoms with Gasteiger partial charge >= 0.3 is 0 Å². The van der Waals surface area contributed by atoms with Gasteiger partial charge in [0.25, 0.3) is 0 Å². The highest BCUT2D eigenvalue weighted by Crippen LogP contribution is 2.46. The Labute approximate surface area is 462 Å². The number of allylic oxidation sites excluding steroid dienone is 4. The molecule has 5 nitrogen and oxygen atoms in total. The van der Waals surface area contributed by atoms with E-state index >= 15 is 0 Å². The largest absolute Gasteiger partial charge is 0.309 e. The van der Waals surface area contributed by atoms with Gasteiger partial charge in [0.2, 0.25) is 0 Å². The maximum absolute atomic E-state index is 5.55. The van der Waals surface area contributed by atoms with Crippen LogP contribution in [-0.2, 0) is 0 Å². The molecule has 0 saturated heterocycles. The Bertz CT molecular complexity index is 5010. The summed E-state index contributed by atoms with van der Waals surface area (Å²) < 4.78 is 4.87. The molecular formula is C75H49N5. The van der Waals surface area contributed by atoms with Crippen molar-refractivity contribution in [2.24, 2.45) is 0 Å². The second kappa shape index (κ2) is 18.6. The van der Waals surface area contributed by atoms with E-state index in [0.29, 0.717) is 17.5 Å². The van der Waals surface area contributed by atoms with Crippen LogP contribution in [0.5, 0.6) is 0 Å². The van der Waals surface area contributed by atoms with Crippen LogP contribution in [0, 0.1) is 0 Å². The average molecular weight is 1020 g/mol. The van der Waals surface area contributed by atoms with Gasteiger partial charge in [0.05, 0.1) is 27.8 Å². The van der Waals surface area contributed by atoms with Gasteiger partial charge < -0.3 is 9.13 Å². The number of hydrogen-bond donors (Lipinski definition) is 0. The molecule has 1 aliphatic rings. The normalized spacial score (nSPS) is 13.5. The maximum Gasteiger partial charge on any atom is 0.166 e. The minimum atomic E-state index is 0.251. The number of fused-ring (bicyclic) bond motifs is 12. The molecule has 3 aromatic heterocycles. The van der Waals surface area contributed by atoms with Gasteiger partial charge in [-0.1, -0.05) is 218 Å². The minimum Gasteiger partial charge on any atom is -0.309 e. The third-order valence-electron chi connectivity index (χ3n) is 16.5. The maximum atomic E-state index is 5.55. The SMILES string of the molecule is C1=CCC(c2ccc3c4c(-c5cccc6c5c5ccccc5n6-c5ccccc5)cccc4n(-c4ccccc4-c4nc(-c5cccc(-c6ccccc6)c5)nc(-c5ccc6c7ccccc7c7ccccc7c6c5)n4)c3c2)C=C1. The van der Waals surface area contributed by atoms with Crippen LogP contribution in [0.1, 0.15) is 17.9 Å². The average Bonchev–Trinajstić information content (AvgIpc) is 4.10. The molecule has 0 bridgehead atoms. The Balaban J connectivity index is 0.950. The van der Waals surface area contributed by atoms with Crippen LogP contribution in [0.4, 0.5) is 0 Å². The molecule has 1 unspecified atom stereocenters. The monoisotopic (exact) mass is 1020 g/mol. The lowest BCUT2D eigenvalue weighted by Crippen LogP contribution is -2.04. The van der Waals surface area contributed by atoms with Crippen molar-refractivity contribution in [3.8, 4) is 67.8 Å². The summed E-state index contributed by atoms with van der Waals surface area (Å²) in [5, 5.41) is 12.1. The first-order chi connectivity index (χ1) is 39.7. The van der Waals surface area contributed by atoms with Crippen LogP contribution in [0.15, 0.2) is 279 Å². The molecule has 0 saturated carbocycles. The van der Waals surface area contributed by atoms with E-state index in [1.54, 1.807) is 0 Å². The van der Waals surface area contributed by atoms with Gasteiger partial charge in [0.1, 0.15) is 0 Å². The molecule has 80 heavy (non-hydrogen) atoms. The molecule has 0 amide bonds. The molecule has 0 N–H and O–H groups in total. The fourth-order valence-corrected chi connectivity index (χ4v) is 12.9. The van der Waals surface area contributed by atoms with Crippen LogP contribution in [-0.4, -0.2) is 24.1 Å². The lowest BCUT2D eigenvalue weighted by molar-refractivity contribution is 0.855. The molecule has 5 heteroatoms. The fraction of sp³-hybridized carbons (Fsp3) is 0.0267. The van der Waals surface area contributed by atoms with Crippen molar-refractivity contribution in [2.75, 3.05) is 0 Å². The van der Waals surface area contributed by atoms with Gasteiger partial charge in [-0.05, 0) is 127 Å². The van der Waals surface area contributed by atoms with Crippen LogP contribution in [0.2, 0.25) is 0 Å². The Kier molecular flexibility index (Phi) is 10.6. The molecule has 374 valence electrons. The quantitative estimate of drug-likeness (QED) is 0.143. The lowest BCUT2D eigenvalue weighted by atomic mass is 9.91. The Morgan fingerprint density at radius 1 is 0.312 bits per heavy atom. The second-order valence-corrected chi connectivity index (χ2v) is 21.0. The highest BCUT2D eigenvalue weighted by Gasteiger charge is 2.25. The molecule has 12 aromatic carbocycles. The van der Waals surface area contributed by atoms with Crippen LogP contribution in [0.3, 0.4) is 0 Å².